The standard InChI is InChI=1S/C9H10BrNO3/c10-5-4-9(12)7-2-1-3-8(6-7)11(13)14/h1-3,6,9,12H,4-5H2. The molecule has 1 aromatic rings. The highest BCUT2D eigenvalue weighted by Crippen LogP contribution is 2.21. The molecule has 0 saturated heterocycles. The molecule has 0 aliphatic rings. The molecule has 1 rings (SSSR count). The number of non-ortho nitro benzene ring substituents is 1. The maximum Gasteiger partial charge on any atom is 0.269 e. The number of nitrogens with zero attached hydrogens (tertiary/aromatic N) is 1. The summed E-state index contributed by atoms with van der Waals surface area (Å²) in [5.41, 5.74) is 0.592. The minimum atomic E-state index is -0.644. The number of halogens is 1. The molecule has 0 radical (unpaired) electrons. The summed E-state index contributed by atoms with van der Waals surface area (Å²) < 4.78 is 0. The Hall–Kier alpha value is -0.940. The second-order valence-corrected chi connectivity index (χ2v) is 3.64. The van der Waals surface area contributed by atoms with E-state index in [1.165, 1.54) is 12.1 Å². The van der Waals surface area contributed by atoms with E-state index in [0.29, 0.717) is 17.3 Å². The molecule has 5 heteroatoms. The summed E-state index contributed by atoms with van der Waals surface area (Å²) >= 11 is 3.20. The summed E-state index contributed by atoms with van der Waals surface area (Å²) in [6, 6.07) is 6.06. The number of aliphatic hydroxyl groups excluding tert-OH is 1. The van der Waals surface area contributed by atoms with Crippen LogP contribution in [-0.4, -0.2) is 15.4 Å². The summed E-state index contributed by atoms with van der Waals surface area (Å²) in [5.74, 6) is 0. The Labute approximate surface area is 89.8 Å². The number of rotatable bonds is 4. The third-order valence-electron chi connectivity index (χ3n) is 1.85. The van der Waals surface area contributed by atoms with Crippen LogP contribution < -0.4 is 0 Å². The van der Waals surface area contributed by atoms with Crippen LogP contribution in [0.15, 0.2) is 24.3 Å². The van der Waals surface area contributed by atoms with Crippen LogP contribution in [0.5, 0.6) is 0 Å². The van der Waals surface area contributed by atoms with Crippen molar-refractivity contribution in [3.63, 3.8) is 0 Å². The Bertz CT molecular complexity index is 330. The van der Waals surface area contributed by atoms with Gasteiger partial charge < -0.3 is 5.11 Å². The van der Waals surface area contributed by atoms with Crippen molar-refractivity contribution in [1.29, 1.82) is 0 Å². The molecular formula is C9H10BrNO3. The molecule has 0 aromatic heterocycles. The molecule has 0 heterocycles. The second-order valence-electron chi connectivity index (χ2n) is 2.85. The van der Waals surface area contributed by atoms with Crippen LogP contribution in [-0.2, 0) is 0 Å². The zero-order valence-electron chi connectivity index (χ0n) is 7.39. The van der Waals surface area contributed by atoms with Crippen molar-refractivity contribution in [2.45, 2.75) is 12.5 Å². The van der Waals surface area contributed by atoms with Crippen molar-refractivity contribution < 1.29 is 10.0 Å². The van der Waals surface area contributed by atoms with Crippen LogP contribution >= 0.6 is 15.9 Å². The minimum Gasteiger partial charge on any atom is -0.388 e. The molecule has 14 heavy (non-hydrogen) atoms. The number of alkyl halides is 1. The summed E-state index contributed by atoms with van der Waals surface area (Å²) in [4.78, 5) is 9.98. The third-order valence-corrected chi connectivity index (χ3v) is 2.31. The largest absolute Gasteiger partial charge is 0.388 e. The first kappa shape index (κ1) is 11.1. The lowest BCUT2D eigenvalue weighted by Gasteiger charge is -2.07. The molecule has 1 atom stereocenters. The van der Waals surface area contributed by atoms with Crippen LogP contribution in [0.3, 0.4) is 0 Å². The quantitative estimate of drug-likeness (QED) is 0.513. The van der Waals surface area contributed by atoms with E-state index in [1.807, 2.05) is 0 Å². The van der Waals surface area contributed by atoms with E-state index in [4.69, 9.17) is 0 Å². The number of nitro benzene ring substituents is 1. The topological polar surface area (TPSA) is 63.4 Å². The summed E-state index contributed by atoms with van der Waals surface area (Å²) in [7, 11) is 0. The highest BCUT2D eigenvalue weighted by atomic mass is 79.9. The van der Waals surface area contributed by atoms with Gasteiger partial charge in [-0.15, -0.1) is 0 Å². The van der Waals surface area contributed by atoms with E-state index in [-0.39, 0.29) is 5.69 Å². The smallest absolute Gasteiger partial charge is 0.269 e. The fourth-order valence-electron chi connectivity index (χ4n) is 1.12. The van der Waals surface area contributed by atoms with E-state index in [9.17, 15) is 15.2 Å². The minimum absolute atomic E-state index is 0.0103. The maximum atomic E-state index is 10.4. The van der Waals surface area contributed by atoms with Gasteiger partial charge in [0.05, 0.1) is 11.0 Å². The van der Waals surface area contributed by atoms with Crippen molar-refractivity contribution in [2.24, 2.45) is 0 Å². The molecule has 1 unspecified atom stereocenters. The van der Waals surface area contributed by atoms with Crippen molar-refractivity contribution in [3.8, 4) is 0 Å². The number of hydrogen-bond acceptors (Lipinski definition) is 3. The normalized spacial score (nSPS) is 12.4. The van der Waals surface area contributed by atoms with Gasteiger partial charge in [-0.25, -0.2) is 0 Å². The van der Waals surface area contributed by atoms with E-state index >= 15 is 0 Å². The lowest BCUT2D eigenvalue weighted by molar-refractivity contribution is -0.385. The first-order chi connectivity index (χ1) is 6.65. The fraction of sp³-hybridized carbons (Fsp3) is 0.333. The fourth-order valence-corrected chi connectivity index (χ4v) is 1.55. The number of nitro groups is 1. The third kappa shape index (κ3) is 2.78. The summed E-state index contributed by atoms with van der Waals surface area (Å²) in [6.45, 7) is 0. The monoisotopic (exact) mass is 259 g/mol. The first-order valence-electron chi connectivity index (χ1n) is 4.13. The summed E-state index contributed by atoms with van der Waals surface area (Å²) in [5, 5.41) is 20.7. The number of benzene rings is 1. The highest BCUT2D eigenvalue weighted by molar-refractivity contribution is 9.09. The molecule has 76 valence electrons. The Morgan fingerprint density at radius 2 is 2.29 bits per heavy atom. The zero-order chi connectivity index (χ0) is 10.6. The molecule has 0 fully saturated rings. The van der Waals surface area contributed by atoms with Crippen molar-refractivity contribution in [2.75, 3.05) is 5.33 Å². The molecule has 0 aliphatic carbocycles. The Morgan fingerprint density at radius 1 is 1.57 bits per heavy atom. The molecular weight excluding hydrogens is 250 g/mol. The van der Waals surface area contributed by atoms with Crippen molar-refractivity contribution >= 4 is 21.6 Å². The Balaban J connectivity index is 2.87. The van der Waals surface area contributed by atoms with Gasteiger partial charge in [0.2, 0.25) is 0 Å². The Morgan fingerprint density at radius 3 is 2.86 bits per heavy atom. The number of hydrogen-bond donors (Lipinski definition) is 1. The van der Waals surface area contributed by atoms with E-state index < -0.39 is 11.0 Å². The lowest BCUT2D eigenvalue weighted by Crippen LogP contribution is -1.99. The van der Waals surface area contributed by atoms with Crippen LogP contribution in [0, 0.1) is 10.1 Å². The predicted molar refractivity (Wildman–Crippen MR) is 56.5 cm³/mol. The van der Waals surface area contributed by atoms with Gasteiger partial charge in [0.15, 0.2) is 0 Å². The van der Waals surface area contributed by atoms with Crippen molar-refractivity contribution in [3.05, 3.63) is 39.9 Å². The average Bonchev–Trinajstić information content (AvgIpc) is 2.18. The van der Waals surface area contributed by atoms with E-state index in [0.717, 1.165) is 0 Å². The van der Waals surface area contributed by atoms with Crippen LogP contribution in [0.25, 0.3) is 0 Å². The maximum absolute atomic E-state index is 10.4. The van der Waals surface area contributed by atoms with Gasteiger partial charge >= 0.3 is 0 Å². The van der Waals surface area contributed by atoms with Gasteiger partial charge in [-0.2, -0.15) is 0 Å². The second kappa shape index (κ2) is 5.07. The first-order valence-corrected chi connectivity index (χ1v) is 5.25. The predicted octanol–water partition coefficient (Wildman–Crippen LogP) is 2.41. The Kier molecular flexibility index (Phi) is 4.03. The summed E-state index contributed by atoms with van der Waals surface area (Å²) in [6.07, 6.45) is -0.101. The molecule has 0 spiro atoms. The van der Waals surface area contributed by atoms with E-state index in [1.54, 1.807) is 12.1 Å². The van der Waals surface area contributed by atoms with Gasteiger partial charge in [0, 0.05) is 17.5 Å². The van der Waals surface area contributed by atoms with Gasteiger partial charge in [-0.1, -0.05) is 28.1 Å². The van der Waals surface area contributed by atoms with Gasteiger partial charge in [0.1, 0.15) is 0 Å². The van der Waals surface area contributed by atoms with E-state index in [2.05, 4.69) is 15.9 Å². The molecule has 0 bridgehead atoms. The molecule has 0 saturated carbocycles. The number of aliphatic hydroxyl groups is 1. The lowest BCUT2D eigenvalue weighted by atomic mass is 10.1. The van der Waals surface area contributed by atoms with Crippen LogP contribution in [0.1, 0.15) is 18.1 Å². The van der Waals surface area contributed by atoms with Crippen LogP contribution in [0.2, 0.25) is 0 Å². The van der Waals surface area contributed by atoms with Crippen molar-refractivity contribution in [1.82, 2.24) is 0 Å². The van der Waals surface area contributed by atoms with Gasteiger partial charge in [-0.05, 0) is 12.0 Å². The molecule has 1 aromatic carbocycles. The SMILES string of the molecule is O=[N+]([O-])c1cccc(C(O)CCBr)c1. The molecule has 4 nitrogen and oxygen atoms in total. The molecule has 0 aliphatic heterocycles. The van der Waals surface area contributed by atoms with Gasteiger partial charge in [-0.3, -0.25) is 10.1 Å². The zero-order valence-corrected chi connectivity index (χ0v) is 8.98. The average molecular weight is 260 g/mol. The molecule has 1 N–H and O–H groups in total. The molecule has 0 amide bonds. The van der Waals surface area contributed by atoms with Crippen LogP contribution in [0.4, 0.5) is 5.69 Å². The van der Waals surface area contributed by atoms with Gasteiger partial charge in [0.25, 0.3) is 5.69 Å². The highest BCUT2D eigenvalue weighted by Gasteiger charge is 2.11.